The Kier molecular flexibility index (Phi) is 5.48. The summed E-state index contributed by atoms with van der Waals surface area (Å²) in [6.07, 6.45) is 9.59. The number of nitrogens with zero attached hydrogens (tertiary/aromatic N) is 1. The summed E-state index contributed by atoms with van der Waals surface area (Å²) in [7, 11) is 0. The Morgan fingerprint density at radius 3 is 2.37 bits per heavy atom. The summed E-state index contributed by atoms with van der Waals surface area (Å²) in [6.45, 7) is 0. The Morgan fingerprint density at radius 2 is 1.70 bits per heavy atom. The molecular weight excluding hydrogens is 344 g/mol. The quantitative estimate of drug-likeness (QED) is 0.732. The van der Waals surface area contributed by atoms with E-state index in [1.54, 1.807) is 6.07 Å². The lowest BCUT2D eigenvalue weighted by molar-refractivity contribution is -0.127. The Bertz CT molecular complexity index is 677. The van der Waals surface area contributed by atoms with E-state index < -0.39 is 0 Å². The number of hydrogen-bond donors (Lipinski definition) is 3. The van der Waals surface area contributed by atoms with Gasteiger partial charge in [-0.3, -0.25) is 9.59 Å². The first-order chi connectivity index (χ1) is 13.1. The van der Waals surface area contributed by atoms with Gasteiger partial charge in [0.15, 0.2) is 5.69 Å². The summed E-state index contributed by atoms with van der Waals surface area (Å²) in [5, 5.41) is 10.2. The number of nitrogens with two attached hydrogens (primary N) is 1. The van der Waals surface area contributed by atoms with Gasteiger partial charge in [0.2, 0.25) is 5.91 Å². The SMILES string of the molecule is N[C@@H]1CCC[C@H](C(=O)NC2CCC(NC(=O)c3cc(C4CC4)on3)CC2)C1. The van der Waals surface area contributed by atoms with Gasteiger partial charge in [0, 0.05) is 36.0 Å². The number of amides is 2. The van der Waals surface area contributed by atoms with Gasteiger partial charge in [-0.15, -0.1) is 0 Å². The molecule has 0 aromatic carbocycles. The van der Waals surface area contributed by atoms with Crippen LogP contribution in [0, 0.1) is 5.92 Å². The van der Waals surface area contributed by atoms with E-state index in [1.165, 1.54) is 0 Å². The van der Waals surface area contributed by atoms with Gasteiger partial charge >= 0.3 is 0 Å². The van der Waals surface area contributed by atoms with E-state index in [0.717, 1.165) is 70.0 Å². The second kappa shape index (κ2) is 8.00. The van der Waals surface area contributed by atoms with Crippen molar-refractivity contribution in [3.8, 4) is 0 Å². The molecule has 0 aliphatic heterocycles. The number of hydrogen-bond acceptors (Lipinski definition) is 5. The highest BCUT2D eigenvalue weighted by Gasteiger charge is 2.31. The fourth-order valence-electron chi connectivity index (χ4n) is 4.38. The average molecular weight is 374 g/mol. The number of aromatic nitrogens is 1. The molecule has 0 saturated heterocycles. The van der Waals surface area contributed by atoms with Gasteiger partial charge in [-0.05, 0) is 57.8 Å². The van der Waals surface area contributed by atoms with E-state index in [4.69, 9.17) is 10.3 Å². The Labute approximate surface area is 159 Å². The second-order valence-electron chi connectivity index (χ2n) is 8.54. The minimum absolute atomic E-state index is 0.0685. The third-order valence-corrected chi connectivity index (χ3v) is 6.24. The first-order valence-electron chi connectivity index (χ1n) is 10.4. The topological polar surface area (TPSA) is 110 Å². The molecule has 2 amide bonds. The van der Waals surface area contributed by atoms with Gasteiger partial charge < -0.3 is 20.9 Å². The molecule has 1 aromatic rings. The van der Waals surface area contributed by atoms with Crippen molar-refractivity contribution in [2.24, 2.45) is 11.7 Å². The molecule has 0 spiro atoms. The smallest absolute Gasteiger partial charge is 0.273 e. The Hall–Kier alpha value is -1.89. The molecule has 4 N–H and O–H groups in total. The summed E-state index contributed by atoms with van der Waals surface area (Å²) >= 11 is 0. The molecule has 3 aliphatic rings. The van der Waals surface area contributed by atoms with Crippen LogP contribution in [-0.2, 0) is 4.79 Å². The van der Waals surface area contributed by atoms with Gasteiger partial charge in [0.1, 0.15) is 5.76 Å². The van der Waals surface area contributed by atoms with E-state index in [0.29, 0.717) is 11.6 Å². The molecule has 7 heteroatoms. The average Bonchev–Trinajstić information content (AvgIpc) is 3.40. The molecule has 0 unspecified atom stereocenters. The van der Waals surface area contributed by atoms with Gasteiger partial charge in [0.25, 0.3) is 5.91 Å². The predicted molar refractivity (Wildman–Crippen MR) is 100 cm³/mol. The van der Waals surface area contributed by atoms with Gasteiger partial charge in [0.05, 0.1) is 0 Å². The van der Waals surface area contributed by atoms with Crippen molar-refractivity contribution >= 4 is 11.8 Å². The number of carbonyl (C=O) groups is 2. The summed E-state index contributed by atoms with van der Waals surface area (Å²) < 4.78 is 5.26. The van der Waals surface area contributed by atoms with Crippen LogP contribution in [0.2, 0.25) is 0 Å². The summed E-state index contributed by atoms with van der Waals surface area (Å²) in [4.78, 5) is 24.8. The number of carbonyl (C=O) groups excluding carboxylic acids is 2. The van der Waals surface area contributed by atoms with Crippen molar-refractivity contribution in [1.29, 1.82) is 0 Å². The highest BCUT2D eigenvalue weighted by atomic mass is 16.5. The van der Waals surface area contributed by atoms with Crippen LogP contribution in [0.15, 0.2) is 10.6 Å². The van der Waals surface area contributed by atoms with E-state index in [1.807, 2.05) is 0 Å². The van der Waals surface area contributed by atoms with Crippen molar-refractivity contribution in [2.45, 2.75) is 88.3 Å². The van der Waals surface area contributed by atoms with Crippen LogP contribution in [0.3, 0.4) is 0 Å². The third kappa shape index (κ3) is 4.69. The molecule has 1 heterocycles. The molecule has 7 nitrogen and oxygen atoms in total. The first-order valence-corrected chi connectivity index (χ1v) is 10.4. The fraction of sp³-hybridized carbons (Fsp3) is 0.750. The van der Waals surface area contributed by atoms with Crippen LogP contribution < -0.4 is 16.4 Å². The van der Waals surface area contributed by atoms with Crippen LogP contribution in [0.4, 0.5) is 0 Å². The fourth-order valence-corrected chi connectivity index (χ4v) is 4.38. The second-order valence-corrected chi connectivity index (χ2v) is 8.54. The van der Waals surface area contributed by atoms with Gasteiger partial charge in [-0.25, -0.2) is 0 Å². The van der Waals surface area contributed by atoms with E-state index in [9.17, 15) is 9.59 Å². The maximum absolute atomic E-state index is 12.5. The summed E-state index contributed by atoms with van der Waals surface area (Å²) in [6, 6.07) is 2.28. The molecule has 4 rings (SSSR count). The Morgan fingerprint density at radius 1 is 1.00 bits per heavy atom. The molecule has 1 aromatic heterocycles. The lowest BCUT2D eigenvalue weighted by Gasteiger charge is -2.32. The lowest BCUT2D eigenvalue weighted by atomic mass is 9.84. The van der Waals surface area contributed by atoms with Gasteiger partial charge in [-0.1, -0.05) is 11.6 Å². The van der Waals surface area contributed by atoms with Crippen LogP contribution in [0.1, 0.15) is 86.4 Å². The molecule has 0 bridgehead atoms. The maximum atomic E-state index is 12.5. The molecule has 3 aliphatic carbocycles. The zero-order valence-electron chi connectivity index (χ0n) is 15.8. The maximum Gasteiger partial charge on any atom is 0.273 e. The molecule has 27 heavy (non-hydrogen) atoms. The molecule has 3 saturated carbocycles. The zero-order valence-corrected chi connectivity index (χ0v) is 15.8. The van der Waals surface area contributed by atoms with Crippen LogP contribution in [-0.4, -0.2) is 35.1 Å². The molecule has 3 fully saturated rings. The first kappa shape index (κ1) is 18.5. The summed E-state index contributed by atoms with van der Waals surface area (Å²) in [5.41, 5.74) is 6.37. The number of rotatable bonds is 5. The predicted octanol–water partition coefficient (Wildman–Crippen LogP) is 2.23. The minimum Gasteiger partial charge on any atom is -0.360 e. The van der Waals surface area contributed by atoms with Crippen LogP contribution in [0.25, 0.3) is 0 Å². The van der Waals surface area contributed by atoms with Crippen molar-refractivity contribution in [3.05, 3.63) is 17.5 Å². The van der Waals surface area contributed by atoms with Crippen LogP contribution >= 0.6 is 0 Å². The van der Waals surface area contributed by atoms with Crippen molar-refractivity contribution in [1.82, 2.24) is 15.8 Å². The monoisotopic (exact) mass is 374 g/mol. The van der Waals surface area contributed by atoms with E-state index >= 15 is 0 Å². The lowest BCUT2D eigenvalue weighted by Crippen LogP contribution is -2.46. The normalized spacial score (nSPS) is 31.3. The number of nitrogens with one attached hydrogen (secondary N) is 2. The van der Waals surface area contributed by atoms with E-state index in [2.05, 4.69) is 15.8 Å². The van der Waals surface area contributed by atoms with Crippen molar-refractivity contribution in [3.63, 3.8) is 0 Å². The minimum atomic E-state index is -0.158. The van der Waals surface area contributed by atoms with Crippen LogP contribution in [0.5, 0.6) is 0 Å². The third-order valence-electron chi connectivity index (χ3n) is 6.24. The summed E-state index contributed by atoms with van der Waals surface area (Å²) in [5.74, 6) is 1.35. The Balaban J connectivity index is 1.20. The standard InChI is InChI=1S/C20H30N4O3/c21-14-3-1-2-13(10-14)19(25)22-15-6-8-16(9-7-15)23-20(26)17-11-18(27-24-17)12-4-5-12/h11-16H,1-10,21H2,(H,22,25)(H,23,26)/t13-,14+,15?,16?/m0/s1. The van der Waals surface area contributed by atoms with Crippen molar-refractivity contribution in [2.75, 3.05) is 0 Å². The molecule has 148 valence electrons. The molecule has 0 radical (unpaired) electrons. The molecule has 2 atom stereocenters. The van der Waals surface area contributed by atoms with Gasteiger partial charge in [-0.2, -0.15) is 0 Å². The highest BCUT2D eigenvalue weighted by Crippen LogP contribution is 2.40. The molecular formula is C20H30N4O3. The highest BCUT2D eigenvalue weighted by molar-refractivity contribution is 5.92. The largest absolute Gasteiger partial charge is 0.360 e. The zero-order chi connectivity index (χ0) is 18.8. The van der Waals surface area contributed by atoms with E-state index in [-0.39, 0.29) is 35.9 Å². The van der Waals surface area contributed by atoms with Crippen molar-refractivity contribution < 1.29 is 14.1 Å².